The summed E-state index contributed by atoms with van der Waals surface area (Å²) < 4.78 is 2.74. The van der Waals surface area contributed by atoms with Crippen molar-refractivity contribution in [3.05, 3.63) is 0 Å². The molecule has 0 aromatic carbocycles. The van der Waals surface area contributed by atoms with Crippen molar-refractivity contribution < 1.29 is 21.2 Å². The summed E-state index contributed by atoms with van der Waals surface area (Å²) in [6, 6.07) is 0. The van der Waals surface area contributed by atoms with E-state index in [-0.39, 0.29) is 0 Å². The van der Waals surface area contributed by atoms with Crippen molar-refractivity contribution >= 4 is 0 Å². The van der Waals surface area contributed by atoms with Gasteiger partial charge < -0.3 is 0 Å². The van der Waals surface area contributed by atoms with Gasteiger partial charge in [-0.2, -0.15) is 0 Å². The number of alkyl halides is 2. The number of hydrogen-bond acceptors (Lipinski definition) is 0. The van der Waals surface area contributed by atoms with Crippen LogP contribution in [0.15, 0.2) is 0 Å². The van der Waals surface area contributed by atoms with Gasteiger partial charge in [0.1, 0.15) is 0 Å². The molecule has 44 valence electrons. The summed E-state index contributed by atoms with van der Waals surface area (Å²) in [5, 5.41) is 0. The van der Waals surface area contributed by atoms with Crippen LogP contribution in [0.2, 0.25) is 0 Å². The molecule has 7 heavy (non-hydrogen) atoms. The molecule has 1 aliphatic heterocycles. The SMILES string of the molecule is CC1CCCC[I-]1. The molecule has 1 unspecified atom stereocenters. The fourth-order valence-electron chi connectivity index (χ4n) is 0.861. The molecule has 0 bridgehead atoms. The average molecular weight is 211 g/mol. The van der Waals surface area contributed by atoms with E-state index in [1.165, 1.54) is 19.3 Å². The van der Waals surface area contributed by atoms with Crippen LogP contribution < -0.4 is 21.2 Å². The Hall–Kier alpha value is 0.730. The van der Waals surface area contributed by atoms with Crippen LogP contribution in [0.4, 0.5) is 0 Å². The van der Waals surface area contributed by atoms with Crippen LogP contribution in [0.1, 0.15) is 26.2 Å². The van der Waals surface area contributed by atoms with Gasteiger partial charge in [-0.25, -0.2) is 0 Å². The predicted octanol–water partition coefficient (Wildman–Crippen LogP) is -1.35. The molecule has 1 heteroatoms. The third-order valence-electron chi connectivity index (χ3n) is 1.36. The Bertz CT molecular complexity index is 46.1. The molecule has 0 aromatic heterocycles. The molecule has 0 spiro atoms. The molecule has 0 aromatic rings. The maximum absolute atomic E-state index is 2.41. The summed E-state index contributed by atoms with van der Waals surface area (Å²) >= 11 is 0.652. The first-order valence-corrected chi connectivity index (χ1v) is 5.74. The van der Waals surface area contributed by atoms with E-state index in [9.17, 15) is 0 Å². The molecular weight excluding hydrogens is 199 g/mol. The first-order chi connectivity index (χ1) is 3.39. The van der Waals surface area contributed by atoms with E-state index in [0.29, 0.717) is 21.2 Å². The third kappa shape index (κ3) is 1.98. The van der Waals surface area contributed by atoms with E-state index < -0.39 is 0 Å². The van der Waals surface area contributed by atoms with Crippen LogP contribution in [0.25, 0.3) is 0 Å². The molecule has 1 saturated heterocycles. The van der Waals surface area contributed by atoms with E-state index in [4.69, 9.17) is 0 Å². The zero-order valence-electron chi connectivity index (χ0n) is 4.78. The standard InChI is InChI=1S/C6H12I/c1-6-4-2-3-5-7-6/h6H,2-5H2,1H3/q-1. The normalized spacial score (nSPS) is 34.1. The van der Waals surface area contributed by atoms with Crippen molar-refractivity contribution in [2.24, 2.45) is 0 Å². The molecule has 1 fully saturated rings. The zero-order valence-corrected chi connectivity index (χ0v) is 6.94. The Labute approximate surface area is 55.9 Å². The summed E-state index contributed by atoms with van der Waals surface area (Å²) in [5.41, 5.74) is 0. The summed E-state index contributed by atoms with van der Waals surface area (Å²) in [6.07, 6.45) is 4.59. The molecule has 0 aliphatic carbocycles. The Morgan fingerprint density at radius 3 is 2.57 bits per heavy atom. The summed E-state index contributed by atoms with van der Waals surface area (Å²) in [4.78, 5) is 0. The number of rotatable bonds is 0. The van der Waals surface area contributed by atoms with Crippen LogP contribution >= 0.6 is 0 Å². The van der Waals surface area contributed by atoms with Crippen LogP contribution in [0, 0.1) is 0 Å². The van der Waals surface area contributed by atoms with Crippen molar-refractivity contribution in [2.45, 2.75) is 30.1 Å². The summed E-state index contributed by atoms with van der Waals surface area (Å²) in [5.74, 6) is 0. The van der Waals surface area contributed by atoms with Crippen LogP contribution in [0.5, 0.6) is 0 Å². The van der Waals surface area contributed by atoms with E-state index in [0.717, 1.165) is 3.92 Å². The minimum absolute atomic E-state index is 0.652. The molecule has 1 rings (SSSR count). The molecule has 0 radical (unpaired) electrons. The second-order valence-corrected chi connectivity index (χ2v) is 6.21. The van der Waals surface area contributed by atoms with Gasteiger partial charge in [0, 0.05) is 0 Å². The Balaban J connectivity index is 2.12. The van der Waals surface area contributed by atoms with Crippen molar-refractivity contribution in [1.82, 2.24) is 0 Å². The average Bonchev–Trinajstić information content (AvgIpc) is 1.69. The zero-order chi connectivity index (χ0) is 5.11. The molecule has 0 N–H and O–H groups in total. The van der Waals surface area contributed by atoms with E-state index in [1.807, 2.05) is 0 Å². The first-order valence-electron chi connectivity index (χ1n) is 2.97. The predicted molar refractivity (Wildman–Crippen MR) is 28.2 cm³/mol. The minimum atomic E-state index is 0.652. The molecule has 0 nitrogen and oxygen atoms in total. The van der Waals surface area contributed by atoms with Gasteiger partial charge in [0.2, 0.25) is 0 Å². The summed E-state index contributed by atoms with van der Waals surface area (Å²) in [7, 11) is 0. The third-order valence-corrected chi connectivity index (χ3v) is 4.87. The van der Waals surface area contributed by atoms with Gasteiger partial charge in [-0.05, 0) is 0 Å². The van der Waals surface area contributed by atoms with Crippen molar-refractivity contribution in [3.63, 3.8) is 0 Å². The van der Waals surface area contributed by atoms with Crippen LogP contribution in [0.3, 0.4) is 0 Å². The van der Waals surface area contributed by atoms with Gasteiger partial charge >= 0.3 is 55.7 Å². The van der Waals surface area contributed by atoms with E-state index in [1.54, 1.807) is 4.43 Å². The van der Waals surface area contributed by atoms with Gasteiger partial charge in [-0.15, -0.1) is 0 Å². The van der Waals surface area contributed by atoms with E-state index >= 15 is 0 Å². The molecule has 0 amide bonds. The Morgan fingerprint density at radius 1 is 1.43 bits per heavy atom. The number of halogens is 1. The van der Waals surface area contributed by atoms with Crippen LogP contribution in [-0.2, 0) is 0 Å². The van der Waals surface area contributed by atoms with Crippen molar-refractivity contribution in [2.75, 3.05) is 4.43 Å². The fraction of sp³-hybridized carbons (Fsp3) is 1.00. The second kappa shape index (κ2) is 2.90. The molecule has 1 atom stereocenters. The quantitative estimate of drug-likeness (QED) is 0.343. The topological polar surface area (TPSA) is 0 Å². The van der Waals surface area contributed by atoms with Crippen molar-refractivity contribution in [1.29, 1.82) is 0 Å². The summed E-state index contributed by atoms with van der Waals surface area (Å²) in [6.45, 7) is 2.41. The monoisotopic (exact) mass is 211 g/mol. The van der Waals surface area contributed by atoms with Gasteiger partial charge in [-0.1, -0.05) is 0 Å². The van der Waals surface area contributed by atoms with Crippen LogP contribution in [-0.4, -0.2) is 8.35 Å². The van der Waals surface area contributed by atoms with Gasteiger partial charge in [0.15, 0.2) is 0 Å². The van der Waals surface area contributed by atoms with Gasteiger partial charge in [-0.3, -0.25) is 0 Å². The molecular formula is C6H12I-. The maximum atomic E-state index is 2.41. The molecule has 1 heterocycles. The van der Waals surface area contributed by atoms with Gasteiger partial charge in [0.05, 0.1) is 0 Å². The Kier molecular flexibility index (Phi) is 2.43. The van der Waals surface area contributed by atoms with E-state index in [2.05, 4.69) is 6.92 Å². The fourth-order valence-corrected chi connectivity index (χ4v) is 3.78. The first kappa shape index (κ1) is 5.86. The van der Waals surface area contributed by atoms with Gasteiger partial charge in [0.25, 0.3) is 0 Å². The second-order valence-electron chi connectivity index (χ2n) is 2.12. The van der Waals surface area contributed by atoms with Crippen molar-refractivity contribution in [3.8, 4) is 0 Å². The Morgan fingerprint density at radius 2 is 2.29 bits per heavy atom. The molecule has 0 saturated carbocycles. The number of hydrogen-bond donors (Lipinski definition) is 0. The molecule has 1 aliphatic rings.